The molecular formula is C72H46S2. The minimum absolute atomic E-state index is 1.19. The average Bonchev–Trinajstić information content (AvgIpc) is 4.14. The Labute approximate surface area is 439 Å². The van der Waals surface area contributed by atoms with Gasteiger partial charge in [-0.25, -0.2) is 0 Å². The van der Waals surface area contributed by atoms with E-state index in [1.165, 1.54) is 140 Å². The summed E-state index contributed by atoms with van der Waals surface area (Å²) < 4.78 is 2.61. The molecule has 0 saturated heterocycles. The summed E-state index contributed by atoms with van der Waals surface area (Å²) >= 11 is 3.84. The molecular weight excluding hydrogens is 929 g/mol. The molecule has 12 aromatic carbocycles. The fourth-order valence-corrected chi connectivity index (χ4v) is 14.3. The molecule has 0 saturated carbocycles. The van der Waals surface area contributed by atoms with E-state index in [1.54, 1.807) is 0 Å². The third-order valence-electron chi connectivity index (χ3n) is 14.7. The molecule has 0 fully saturated rings. The summed E-state index contributed by atoms with van der Waals surface area (Å²) in [5.74, 6) is 0. The second-order valence-electron chi connectivity index (χ2n) is 19.0. The van der Waals surface area contributed by atoms with Gasteiger partial charge < -0.3 is 0 Å². The first kappa shape index (κ1) is 43.8. The zero-order valence-corrected chi connectivity index (χ0v) is 42.0. The van der Waals surface area contributed by atoms with Gasteiger partial charge in [-0.1, -0.05) is 279 Å². The molecule has 0 aliphatic heterocycles. The molecule has 0 aliphatic carbocycles. The van der Waals surface area contributed by atoms with E-state index in [2.05, 4.69) is 279 Å². The highest BCUT2D eigenvalue weighted by molar-refractivity contribution is 7.24. The van der Waals surface area contributed by atoms with E-state index in [4.69, 9.17) is 0 Å². The summed E-state index contributed by atoms with van der Waals surface area (Å²) in [6.07, 6.45) is 0. The summed E-state index contributed by atoms with van der Waals surface area (Å²) in [4.78, 5) is 2.55. The lowest BCUT2D eigenvalue weighted by Crippen LogP contribution is -1.90. The van der Waals surface area contributed by atoms with Gasteiger partial charge in [0, 0.05) is 52.2 Å². The van der Waals surface area contributed by atoms with Gasteiger partial charge in [-0.2, -0.15) is 0 Å². The van der Waals surface area contributed by atoms with E-state index < -0.39 is 0 Å². The van der Waals surface area contributed by atoms with Gasteiger partial charge in [0.1, 0.15) is 0 Å². The maximum absolute atomic E-state index is 2.34. The standard InChI is InChI=1S/C72H46S2/c1-7-23-49(24-8-1)61-57-35-19-21-37-59(57)67-65(53-31-15-5-16-32-53)69(73-71(67)63(61)51-27-11-3-12-28-51)55-43-39-47(40-44-55)48-41-45-56(46-42-48)70-66(54-33-17-6-18-34-54)68-60-38-22-20-36-58(60)62(50-25-9-2-10-26-50)64(72(68)74-70)52-29-13-4-14-30-52/h1-46H. The smallest absolute Gasteiger partial charge is 0.0446 e. The van der Waals surface area contributed by atoms with E-state index >= 15 is 0 Å². The molecule has 2 heterocycles. The van der Waals surface area contributed by atoms with Crippen molar-refractivity contribution in [2.75, 3.05) is 0 Å². The fourth-order valence-electron chi connectivity index (χ4n) is 11.4. The van der Waals surface area contributed by atoms with Crippen molar-refractivity contribution in [3.8, 4) is 98.8 Å². The van der Waals surface area contributed by atoms with Gasteiger partial charge in [0.05, 0.1) is 0 Å². The topological polar surface area (TPSA) is 0 Å². The van der Waals surface area contributed by atoms with Crippen LogP contribution in [0.3, 0.4) is 0 Å². The van der Waals surface area contributed by atoms with Gasteiger partial charge in [-0.3, -0.25) is 0 Å². The number of rotatable bonds is 9. The normalized spacial score (nSPS) is 11.5. The van der Waals surface area contributed by atoms with Crippen LogP contribution in [0.1, 0.15) is 0 Å². The highest BCUT2D eigenvalue weighted by Crippen LogP contribution is 2.56. The van der Waals surface area contributed by atoms with Gasteiger partial charge in [0.2, 0.25) is 0 Å². The van der Waals surface area contributed by atoms with E-state index in [9.17, 15) is 0 Å². The Balaban J connectivity index is 0.928. The molecule has 0 unspecified atom stereocenters. The van der Waals surface area contributed by atoms with Gasteiger partial charge in [-0.15, -0.1) is 22.7 Å². The minimum atomic E-state index is 1.19. The van der Waals surface area contributed by atoms with Gasteiger partial charge in [0.25, 0.3) is 0 Å². The highest BCUT2D eigenvalue weighted by Gasteiger charge is 2.27. The molecule has 2 heteroatoms. The van der Waals surface area contributed by atoms with Crippen LogP contribution < -0.4 is 0 Å². The van der Waals surface area contributed by atoms with Gasteiger partial charge in [0.15, 0.2) is 0 Å². The van der Waals surface area contributed by atoms with Crippen LogP contribution in [0.25, 0.3) is 140 Å². The first-order valence-corrected chi connectivity index (χ1v) is 27.0. The summed E-state index contributed by atoms with van der Waals surface area (Å²) in [6.45, 7) is 0. The van der Waals surface area contributed by atoms with Crippen molar-refractivity contribution in [1.82, 2.24) is 0 Å². The Morgan fingerprint density at radius 1 is 0.162 bits per heavy atom. The summed E-state index contributed by atoms with van der Waals surface area (Å²) in [5.41, 5.74) is 19.8. The second kappa shape index (κ2) is 18.6. The molecule has 0 N–H and O–H groups in total. The monoisotopic (exact) mass is 974 g/mol. The van der Waals surface area contributed by atoms with Crippen molar-refractivity contribution in [3.63, 3.8) is 0 Å². The predicted molar refractivity (Wildman–Crippen MR) is 321 cm³/mol. The van der Waals surface area contributed by atoms with E-state index in [1.807, 2.05) is 22.7 Å². The molecule has 0 radical (unpaired) electrons. The summed E-state index contributed by atoms with van der Waals surface area (Å²) in [5, 5.41) is 7.68. The molecule has 2 aromatic heterocycles. The first-order chi connectivity index (χ1) is 36.8. The molecule has 0 bridgehead atoms. The van der Waals surface area contributed by atoms with E-state index in [0.717, 1.165) is 0 Å². The van der Waals surface area contributed by atoms with E-state index in [-0.39, 0.29) is 0 Å². The predicted octanol–water partition coefficient (Wildman–Crippen LogP) is 21.4. The minimum Gasteiger partial charge on any atom is -0.134 e. The van der Waals surface area contributed by atoms with Crippen molar-refractivity contribution in [2.45, 2.75) is 0 Å². The lowest BCUT2D eigenvalue weighted by molar-refractivity contribution is 1.61. The van der Waals surface area contributed by atoms with Crippen molar-refractivity contribution >= 4 is 64.4 Å². The third-order valence-corrected chi connectivity index (χ3v) is 17.2. The van der Waals surface area contributed by atoms with Crippen LogP contribution in [0.15, 0.2) is 279 Å². The molecule has 0 atom stereocenters. The molecule has 346 valence electrons. The second-order valence-corrected chi connectivity index (χ2v) is 21.0. The Morgan fingerprint density at radius 3 is 0.689 bits per heavy atom. The van der Waals surface area contributed by atoms with Crippen molar-refractivity contribution < 1.29 is 0 Å². The lowest BCUT2D eigenvalue weighted by Gasteiger charge is -2.17. The summed E-state index contributed by atoms with van der Waals surface area (Å²) in [6, 6.07) is 102. The van der Waals surface area contributed by atoms with Crippen LogP contribution in [0.2, 0.25) is 0 Å². The lowest BCUT2D eigenvalue weighted by atomic mass is 9.86. The molecule has 0 amide bonds. The van der Waals surface area contributed by atoms with Crippen LogP contribution in [0, 0.1) is 0 Å². The molecule has 0 aliphatic rings. The zero-order chi connectivity index (χ0) is 49.0. The molecule has 74 heavy (non-hydrogen) atoms. The first-order valence-electron chi connectivity index (χ1n) is 25.3. The van der Waals surface area contributed by atoms with Crippen LogP contribution in [0.4, 0.5) is 0 Å². The maximum Gasteiger partial charge on any atom is 0.0446 e. The number of thiophene rings is 2. The number of hydrogen-bond donors (Lipinski definition) is 0. The van der Waals surface area contributed by atoms with Crippen molar-refractivity contribution in [2.24, 2.45) is 0 Å². The highest BCUT2D eigenvalue weighted by atomic mass is 32.1. The Morgan fingerprint density at radius 2 is 0.392 bits per heavy atom. The number of fused-ring (bicyclic) bond motifs is 6. The SMILES string of the molecule is c1ccc(-c2c(-c3ccccc3)c3sc(-c4ccc(-c5ccc(-c6sc7c(-c8ccccc8)c(-c8ccccc8)c8ccccc8c7c6-c6ccccc6)cc5)cc4)c(-c4ccccc4)c3c3ccccc23)cc1. The van der Waals surface area contributed by atoms with E-state index in [0.29, 0.717) is 0 Å². The van der Waals surface area contributed by atoms with Crippen LogP contribution >= 0.6 is 22.7 Å². The quantitative estimate of drug-likeness (QED) is 0.135. The Hall–Kier alpha value is -8.92. The van der Waals surface area contributed by atoms with Crippen LogP contribution in [0.5, 0.6) is 0 Å². The van der Waals surface area contributed by atoms with Gasteiger partial charge in [-0.05, 0) is 88.3 Å². The van der Waals surface area contributed by atoms with Gasteiger partial charge >= 0.3 is 0 Å². The number of benzene rings is 12. The third kappa shape index (κ3) is 7.41. The Kier molecular flexibility index (Phi) is 11.0. The zero-order valence-electron chi connectivity index (χ0n) is 40.4. The van der Waals surface area contributed by atoms with Crippen molar-refractivity contribution in [1.29, 1.82) is 0 Å². The fraction of sp³-hybridized carbons (Fsp3) is 0. The van der Waals surface area contributed by atoms with Crippen LogP contribution in [-0.4, -0.2) is 0 Å². The summed E-state index contributed by atoms with van der Waals surface area (Å²) in [7, 11) is 0. The molecule has 14 rings (SSSR count). The average molecular weight is 975 g/mol. The van der Waals surface area contributed by atoms with Crippen LogP contribution in [-0.2, 0) is 0 Å². The van der Waals surface area contributed by atoms with Crippen molar-refractivity contribution in [3.05, 3.63) is 279 Å². The largest absolute Gasteiger partial charge is 0.134 e. The molecule has 0 nitrogen and oxygen atoms in total. The Bertz CT molecular complexity index is 4040. The number of hydrogen-bond acceptors (Lipinski definition) is 2. The molecule has 14 aromatic rings. The maximum atomic E-state index is 2.34. The molecule has 0 spiro atoms.